The number of ether oxygens (including phenoxy) is 1. The van der Waals surface area contributed by atoms with Crippen molar-refractivity contribution in [2.75, 3.05) is 19.1 Å². The third-order valence-electron chi connectivity index (χ3n) is 6.17. The van der Waals surface area contributed by atoms with Gasteiger partial charge in [0.2, 0.25) is 0 Å². The third-order valence-corrected chi connectivity index (χ3v) is 7.25. The lowest BCUT2D eigenvalue weighted by Crippen LogP contribution is -2.41. The molecule has 1 fully saturated rings. The van der Waals surface area contributed by atoms with Gasteiger partial charge in [-0.05, 0) is 49.1 Å². The Hall–Kier alpha value is -2.73. The number of fused-ring (bicyclic) bond motifs is 1. The Morgan fingerprint density at radius 1 is 1.19 bits per heavy atom. The Bertz CT molecular complexity index is 1030. The molecule has 2 aromatic rings. The van der Waals surface area contributed by atoms with Crippen LogP contribution in [0.2, 0.25) is 0 Å². The molecule has 0 radical (unpaired) electrons. The number of nitrogens with one attached hydrogen (secondary N) is 1. The molecule has 0 aromatic heterocycles. The maximum absolute atomic E-state index is 13.0. The fraction of sp³-hybridized carbons (Fsp3) is 0.360. The van der Waals surface area contributed by atoms with Crippen molar-refractivity contribution >= 4 is 35.3 Å². The molecule has 162 valence electrons. The molecule has 2 amide bonds. The van der Waals surface area contributed by atoms with Gasteiger partial charge in [0.05, 0.1) is 17.7 Å². The summed E-state index contributed by atoms with van der Waals surface area (Å²) in [6, 6.07) is 13.4. The lowest BCUT2D eigenvalue weighted by molar-refractivity contribution is -0.114. The largest absolute Gasteiger partial charge is 0.496 e. The molecule has 0 unspecified atom stereocenters. The number of nitrogens with zero attached hydrogens (tertiary/aromatic N) is 1. The minimum Gasteiger partial charge on any atom is -0.496 e. The average Bonchev–Trinajstić information content (AvgIpc) is 2.79. The van der Waals surface area contributed by atoms with Crippen LogP contribution in [0.5, 0.6) is 5.75 Å². The third kappa shape index (κ3) is 4.49. The first-order valence-electron chi connectivity index (χ1n) is 10.7. The number of anilines is 1. The van der Waals surface area contributed by atoms with E-state index in [9.17, 15) is 9.59 Å². The molecule has 0 bridgehead atoms. The summed E-state index contributed by atoms with van der Waals surface area (Å²) in [5.74, 6) is 1.06. The van der Waals surface area contributed by atoms with E-state index in [-0.39, 0.29) is 17.9 Å². The fourth-order valence-corrected chi connectivity index (χ4v) is 5.33. The Morgan fingerprint density at radius 2 is 1.97 bits per heavy atom. The van der Waals surface area contributed by atoms with Crippen molar-refractivity contribution in [3.8, 4) is 5.75 Å². The van der Waals surface area contributed by atoms with Crippen LogP contribution in [-0.4, -0.2) is 32.0 Å². The molecule has 0 saturated heterocycles. The quantitative estimate of drug-likeness (QED) is 0.677. The second-order valence-electron chi connectivity index (χ2n) is 8.24. The van der Waals surface area contributed by atoms with Gasteiger partial charge in [-0.1, -0.05) is 49.7 Å². The van der Waals surface area contributed by atoms with Crippen LogP contribution in [0.25, 0.3) is 6.08 Å². The standard InChI is InChI=1S/C25H28N2O3S/c1-16-8-4-6-10-19(16)26-24(28)18-12-13-22-20(14-18)27(2)25(29)23(31-22)15-17-9-5-7-11-21(17)30-3/h5,7,9,11-16,19H,4,6,8,10H2,1-3H3,(H,26,28)/b23-15+/t16-,19-/m0/s1. The molecule has 2 aromatic carbocycles. The number of methoxy groups -OCH3 is 1. The number of carbonyl (C=O) groups excluding carboxylic acids is 2. The Morgan fingerprint density at radius 3 is 2.74 bits per heavy atom. The molecule has 2 aliphatic rings. The molecule has 1 heterocycles. The van der Waals surface area contributed by atoms with Crippen molar-refractivity contribution < 1.29 is 14.3 Å². The van der Waals surface area contributed by atoms with E-state index in [2.05, 4.69) is 12.2 Å². The summed E-state index contributed by atoms with van der Waals surface area (Å²) < 4.78 is 5.41. The highest BCUT2D eigenvalue weighted by molar-refractivity contribution is 8.04. The van der Waals surface area contributed by atoms with Crippen LogP contribution in [0, 0.1) is 5.92 Å². The zero-order valence-corrected chi connectivity index (χ0v) is 19.0. The van der Waals surface area contributed by atoms with E-state index < -0.39 is 0 Å². The highest BCUT2D eigenvalue weighted by Gasteiger charge is 2.28. The summed E-state index contributed by atoms with van der Waals surface area (Å²) in [5.41, 5.74) is 2.21. The number of likely N-dealkylation sites (N-methyl/N-ethyl adjacent to an activating group) is 1. The summed E-state index contributed by atoms with van der Waals surface area (Å²) >= 11 is 1.42. The van der Waals surface area contributed by atoms with Gasteiger partial charge in [0.1, 0.15) is 5.75 Å². The Kier molecular flexibility index (Phi) is 6.37. The van der Waals surface area contributed by atoms with Gasteiger partial charge in [-0.2, -0.15) is 0 Å². The number of hydrogen-bond acceptors (Lipinski definition) is 4. The minimum absolute atomic E-state index is 0.0669. The summed E-state index contributed by atoms with van der Waals surface area (Å²) in [4.78, 5) is 29.1. The minimum atomic E-state index is -0.0955. The molecule has 4 rings (SSSR count). The number of rotatable bonds is 4. The van der Waals surface area contributed by atoms with Gasteiger partial charge in [-0.15, -0.1) is 0 Å². The van der Waals surface area contributed by atoms with Crippen LogP contribution >= 0.6 is 11.8 Å². The van der Waals surface area contributed by atoms with E-state index in [1.807, 2.05) is 48.5 Å². The van der Waals surface area contributed by atoms with Crippen molar-refractivity contribution in [2.45, 2.75) is 43.5 Å². The highest BCUT2D eigenvalue weighted by Crippen LogP contribution is 2.42. The molecular formula is C25H28N2O3S. The molecular weight excluding hydrogens is 408 g/mol. The summed E-state index contributed by atoms with van der Waals surface area (Å²) in [6.45, 7) is 2.20. The van der Waals surface area contributed by atoms with Crippen LogP contribution in [0.4, 0.5) is 5.69 Å². The molecule has 6 heteroatoms. The van der Waals surface area contributed by atoms with Crippen LogP contribution in [0.1, 0.15) is 48.5 Å². The van der Waals surface area contributed by atoms with E-state index in [0.717, 1.165) is 41.2 Å². The smallest absolute Gasteiger partial charge is 0.264 e. The predicted molar refractivity (Wildman–Crippen MR) is 126 cm³/mol. The van der Waals surface area contributed by atoms with E-state index in [1.165, 1.54) is 18.2 Å². The van der Waals surface area contributed by atoms with E-state index in [4.69, 9.17) is 4.74 Å². The number of para-hydroxylation sites is 1. The van der Waals surface area contributed by atoms with E-state index >= 15 is 0 Å². The first-order valence-corrected chi connectivity index (χ1v) is 11.5. The number of thioether (sulfide) groups is 1. The first kappa shape index (κ1) is 21.5. The number of carbonyl (C=O) groups is 2. The zero-order valence-electron chi connectivity index (χ0n) is 18.2. The lowest BCUT2D eigenvalue weighted by atomic mass is 9.86. The van der Waals surface area contributed by atoms with Crippen molar-refractivity contribution in [2.24, 2.45) is 5.92 Å². The SMILES string of the molecule is COc1ccccc1/C=C1/Sc2ccc(C(=O)N[C@H]3CCCC[C@@H]3C)cc2N(C)C1=O. The van der Waals surface area contributed by atoms with Gasteiger partial charge in [-0.25, -0.2) is 0 Å². The normalized spacial score (nSPS) is 22.2. The predicted octanol–water partition coefficient (Wildman–Crippen LogP) is 5.11. The first-order chi connectivity index (χ1) is 15.0. The van der Waals surface area contributed by atoms with Gasteiger partial charge < -0.3 is 15.0 Å². The summed E-state index contributed by atoms with van der Waals surface area (Å²) in [6.07, 6.45) is 6.44. The van der Waals surface area contributed by atoms with Crippen molar-refractivity contribution in [3.05, 3.63) is 58.5 Å². The van der Waals surface area contributed by atoms with Crippen molar-refractivity contribution in [1.82, 2.24) is 5.32 Å². The van der Waals surface area contributed by atoms with Gasteiger partial charge >= 0.3 is 0 Å². The molecule has 0 spiro atoms. The number of benzene rings is 2. The van der Waals surface area contributed by atoms with Crippen LogP contribution in [0.15, 0.2) is 52.3 Å². The Balaban J connectivity index is 1.57. The molecule has 31 heavy (non-hydrogen) atoms. The molecule has 5 nitrogen and oxygen atoms in total. The topological polar surface area (TPSA) is 58.6 Å². The molecule has 2 atom stereocenters. The average molecular weight is 437 g/mol. The van der Waals surface area contributed by atoms with Crippen molar-refractivity contribution in [3.63, 3.8) is 0 Å². The maximum atomic E-state index is 13.0. The van der Waals surface area contributed by atoms with E-state index in [0.29, 0.717) is 16.4 Å². The van der Waals surface area contributed by atoms with Gasteiger partial charge in [0.25, 0.3) is 11.8 Å². The number of amides is 2. The zero-order chi connectivity index (χ0) is 22.0. The summed E-state index contributed by atoms with van der Waals surface area (Å²) in [7, 11) is 3.37. The second-order valence-corrected chi connectivity index (χ2v) is 9.32. The second kappa shape index (κ2) is 9.18. The monoisotopic (exact) mass is 436 g/mol. The summed E-state index contributed by atoms with van der Waals surface area (Å²) in [5, 5.41) is 3.20. The molecule has 1 aliphatic heterocycles. The lowest BCUT2D eigenvalue weighted by Gasteiger charge is -2.30. The van der Waals surface area contributed by atoms with Crippen LogP contribution < -0.4 is 15.0 Å². The fourth-order valence-electron chi connectivity index (χ4n) is 4.24. The van der Waals surface area contributed by atoms with Crippen LogP contribution in [-0.2, 0) is 4.79 Å². The van der Waals surface area contributed by atoms with Gasteiger partial charge in [0, 0.05) is 29.1 Å². The van der Waals surface area contributed by atoms with Gasteiger partial charge in [-0.3, -0.25) is 9.59 Å². The molecule has 1 saturated carbocycles. The van der Waals surface area contributed by atoms with Crippen LogP contribution in [0.3, 0.4) is 0 Å². The maximum Gasteiger partial charge on any atom is 0.264 e. The van der Waals surface area contributed by atoms with Crippen molar-refractivity contribution in [1.29, 1.82) is 0 Å². The van der Waals surface area contributed by atoms with E-state index in [1.54, 1.807) is 19.1 Å². The van der Waals surface area contributed by atoms with Gasteiger partial charge in [0.15, 0.2) is 0 Å². The molecule has 1 aliphatic carbocycles. The number of hydrogen-bond donors (Lipinski definition) is 1. The Labute approximate surface area is 187 Å². The highest BCUT2D eigenvalue weighted by atomic mass is 32.2. The molecule has 1 N–H and O–H groups in total.